The Bertz CT molecular complexity index is 599. The van der Waals surface area contributed by atoms with Crippen molar-refractivity contribution in [3.8, 4) is 0 Å². The quantitative estimate of drug-likeness (QED) is 0.871. The SMILES string of the molecule is CCN(c1ccc([C@@H](C)N)c(Br)c1)c1ccccc1F. The second-order valence-corrected chi connectivity index (χ2v) is 5.54. The highest BCUT2D eigenvalue weighted by molar-refractivity contribution is 9.10. The molecule has 0 saturated carbocycles. The summed E-state index contributed by atoms with van der Waals surface area (Å²) in [6, 6.07) is 12.7. The Hall–Kier alpha value is -1.39. The molecule has 0 heterocycles. The molecule has 0 unspecified atom stereocenters. The summed E-state index contributed by atoms with van der Waals surface area (Å²) in [7, 11) is 0. The van der Waals surface area contributed by atoms with Crippen molar-refractivity contribution in [1.29, 1.82) is 0 Å². The molecule has 2 N–H and O–H groups in total. The van der Waals surface area contributed by atoms with Gasteiger partial charge in [-0.2, -0.15) is 0 Å². The van der Waals surface area contributed by atoms with Crippen molar-refractivity contribution in [1.82, 2.24) is 0 Å². The molecule has 0 aliphatic carbocycles. The summed E-state index contributed by atoms with van der Waals surface area (Å²) in [6.07, 6.45) is 0. The van der Waals surface area contributed by atoms with Gasteiger partial charge in [0.25, 0.3) is 0 Å². The number of rotatable bonds is 4. The van der Waals surface area contributed by atoms with Crippen LogP contribution in [-0.4, -0.2) is 6.54 Å². The minimum absolute atomic E-state index is 0.0398. The van der Waals surface area contributed by atoms with Crippen LogP contribution >= 0.6 is 15.9 Å². The second kappa shape index (κ2) is 6.37. The summed E-state index contributed by atoms with van der Waals surface area (Å²) in [6.45, 7) is 4.62. The molecule has 4 heteroatoms. The van der Waals surface area contributed by atoms with Gasteiger partial charge in [-0.3, -0.25) is 0 Å². The topological polar surface area (TPSA) is 29.3 Å². The van der Waals surface area contributed by atoms with E-state index in [-0.39, 0.29) is 11.9 Å². The number of benzene rings is 2. The molecule has 0 bridgehead atoms. The van der Waals surface area contributed by atoms with E-state index in [1.807, 2.05) is 43.0 Å². The van der Waals surface area contributed by atoms with Crippen LogP contribution in [0.2, 0.25) is 0 Å². The molecule has 0 radical (unpaired) electrons. The number of hydrogen-bond donors (Lipinski definition) is 1. The van der Waals surface area contributed by atoms with Crippen LogP contribution in [0.5, 0.6) is 0 Å². The number of hydrogen-bond acceptors (Lipinski definition) is 2. The smallest absolute Gasteiger partial charge is 0.146 e. The Morgan fingerprint density at radius 3 is 2.50 bits per heavy atom. The van der Waals surface area contributed by atoms with Gasteiger partial charge in [-0.05, 0) is 43.7 Å². The first kappa shape index (κ1) is 15.0. The fraction of sp³-hybridized carbons (Fsp3) is 0.250. The van der Waals surface area contributed by atoms with Crippen molar-refractivity contribution in [2.45, 2.75) is 19.9 Å². The van der Waals surface area contributed by atoms with Gasteiger partial charge in [0, 0.05) is 22.7 Å². The lowest BCUT2D eigenvalue weighted by Gasteiger charge is -2.24. The average molecular weight is 337 g/mol. The van der Waals surface area contributed by atoms with E-state index >= 15 is 0 Å². The molecular formula is C16H18BrFN2. The number of para-hydroxylation sites is 1. The van der Waals surface area contributed by atoms with Crippen LogP contribution in [0.4, 0.5) is 15.8 Å². The fourth-order valence-electron chi connectivity index (χ4n) is 2.22. The fourth-order valence-corrected chi connectivity index (χ4v) is 2.94. The zero-order chi connectivity index (χ0) is 14.7. The van der Waals surface area contributed by atoms with Crippen molar-refractivity contribution in [2.75, 3.05) is 11.4 Å². The molecular weight excluding hydrogens is 319 g/mol. The van der Waals surface area contributed by atoms with Crippen molar-refractivity contribution in [3.05, 3.63) is 58.3 Å². The summed E-state index contributed by atoms with van der Waals surface area (Å²) < 4.78 is 14.9. The first-order chi connectivity index (χ1) is 9.54. The summed E-state index contributed by atoms with van der Waals surface area (Å²) in [5, 5.41) is 0. The molecule has 0 fully saturated rings. The Kier molecular flexibility index (Phi) is 4.78. The van der Waals surface area contributed by atoms with E-state index in [9.17, 15) is 4.39 Å². The predicted octanol–water partition coefficient (Wildman–Crippen LogP) is 4.77. The molecule has 2 nitrogen and oxygen atoms in total. The van der Waals surface area contributed by atoms with Gasteiger partial charge in [-0.25, -0.2) is 4.39 Å². The first-order valence-electron chi connectivity index (χ1n) is 6.61. The van der Waals surface area contributed by atoms with Gasteiger partial charge in [0.05, 0.1) is 5.69 Å². The lowest BCUT2D eigenvalue weighted by molar-refractivity contribution is 0.625. The third-order valence-corrected chi connectivity index (χ3v) is 3.93. The molecule has 0 amide bonds. The number of halogens is 2. The Labute approximate surface area is 127 Å². The highest BCUT2D eigenvalue weighted by atomic mass is 79.9. The third kappa shape index (κ3) is 3.02. The summed E-state index contributed by atoms with van der Waals surface area (Å²) in [4.78, 5) is 1.94. The Morgan fingerprint density at radius 1 is 1.25 bits per heavy atom. The molecule has 0 saturated heterocycles. The van der Waals surface area contributed by atoms with Gasteiger partial charge in [0.2, 0.25) is 0 Å². The van der Waals surface area contributed by atoms with Crippen LogP contribution in [0.3, 0.4) is 0 Å². The average Bonchev–Trinajstić information content (AvgIpc) is 2.41. The van der Waals surface area contributed by atoms with Gasteiger partial charge >= 0.3 is 0 Å². The molecule has 0 spiro atoms. The molecule has 0 aliphatic heterocycles. The van der Waals surface area contributed by atoms with E-state index in [1.54, 1.807) is 12.1 Å². The lowest BCUT2D eigenvalue weighted by atomic mass is 10.1. The van der Waals surface area contributed by atoms with Crippen molar-refractivity contribution < 1.29 is 4.39 Å². The predicted molar refractivity (Wildman–Crippen MR) is 85.8 cm³/mol. The van der Waals surface area contributed by atoms with Gasteiger partial charge < -0.3 is 10.6 Å². The van der Waals surface area contributed by atoms with E-state index in [0.29, 0.717) is 12.2 Å². The molecule has 1 atom stereocenters. The number of nitrogens with zero attached hydrogens (tertiary/aromatic N) is 1. The van der Waals surface area contributed by atoms with Crippen LogP contribution in [0.25, 0.3) is 0 Å². The van der Waals surface area contributed by atoms with E-state index in [0.717, 1.165) is 15.7 Å². The highest BCUT2D eigenvalue weighted by Gasteiger charge is 2.13. The van der Waals surface area contributed by atoms with E-state index in [4.69, 9.17) is 5.73 Å². The second-order valence-electron chi connectivity index (χ2n) is 4.69. The molecule has 2 aromatic rings. The minimum Gasteiger partial charge on any atom is -0.339 e. The lowest BCUT2D eigenvalue weighted by Crippen LogP contribution is -2.17. The maximum absolute atomic E-state index is 13.9. The molecule has 2 rings (SSSR count). The Balaban J connectivity index is 2.43. The zero-order valence-electron chi connectivity index (χ0n) is 11.6. The van der Waals surface area contributed by atoms with Gasteiger partial charge in [0.15, 0.2) is 0 Å². The number of nitrogens with two attached hydrogens (primary N) is 1. The summed E-state index contributed by atoms with van der Waals surface area (Å²) in [5.41, 5.74) is 8.46. The maximum atomic E-state index is 13.9. The summed E-state index contributed by atoms with van der Waals surface area (Å²) in [5.74, 6) is -0.221. The van der Waals surface area contributed by atoms with Gasteiger partial charge in [-0.1, -0.05) is 34.1 Å². The van der Waals surface area contributed by atoms with Crippen molar-refractivity contribution in [2.24, 2.45) is 5.73 Å². The van der Waals surface area contributed by atoms with E-state index < -0.39 is 0 Å². The summed E-state index contributed by atoms with van der Waals surface area (Å²) >= 11 is 3.54. The largest absolute Gasteiger partial charge is 0.339 e. The Morgan fingerprint density at radius 2 is 1.95 bits per heavy atom. The first-order valence-corrected chi connectivity index (χ1v) is 7.41. The standard InChI is InChI=1S/C16H18BrFN2/c1-3-20(16-7-5-4-6-15(16)18)12-8-9-13(11(2)19)14(17)10-12/h4-11H,3,19H2,1-2H3/t11-/m1/s1. The molecule has 106 valence electrons. The molecule has 0 aliphatic rings. The van der Waals surface area contributed by atoms with Crippen LogP contribution in [-0.2, 0) is 0 Å². The van der Waals surface area contributed by atoms with Crippen molar-refractivity contribution in [3.63, 3.8) is 0 Å². The van der Waals surface area contributed by atoms with Crippen molar-refractivity contribution >= 4 is 27.3 Å². The molecule has 0 aromatic heterocycles. The van der Waals surface area contributed by atoms with Crippen LogP contribution in [0.15, 0.2) is 46.9 Å². The van der Waals surface area contributed by atoms with Gasteiger partial charge in [-0.15, -0.1) is 0 Å². The maximum Gasteiger partial charge on any atom is 0.146 e. The van der Waals surface area contributed by atoms with E-state index in [2.05, 4.69) is 15.9 Å². The third-order valence-electron chi connectivity index (χ3n) is 3.25. The van der Waals surface area contributed by atoms with Crippen LogP contribution in [0.1, 0.15) is 25.5 Å². The molecule has 2 aromatic carbocycles. The minimum atomic E-state index is -0.221. The monoisotopic (exact) mass is 336 g/mol. The van der Waals surface area contributed by atoms with E-state index in [1.165, 1.54) is 6.07 Å². The number of anilines is 2. The normalized spacial score (nSPS) is 12.2. The van der Waals surface area contributed by atoms with Crippen LogP contribution < -0.4 is 10.6 Å². The van der Waals surface area contributed by atoms with Crippen LogP contribution in [0, 0.1) is 5.82 Å². The zero-order valence-corrected chi connectivity index (χ0v) is 13.2. The highest BCUT2D eigenvalue weighted by Crippen LogP contribution is 2.32. The molecule has 20 heavy (non-hydrogen) atoms. The van der Waals surface area contributed by atoms with Gasteiger partial charge in [0.1, 0.15) is 5.82 Å².